The third kappa shape index (κ3) is 3.30. The fourth-order valence-electron chi connectivity index (χ4n) is 4.23. The number of amides is 1. The lowest BCUT2D eigenvalue weighted by molar-refractivity contribution is 0.0681. The molecular weight excluding hydrogens is 370 g/mol. The Kier molecular flexibility index (Phi) is 4.84. The minimum absolute atomic E-state index is 0. The Balaban J connectivity index is 0.00000168. The van der Waals surface area contributed by atoms with Gasteiger partial charge in [0.05, 0.1) is 0 Å². The number of piperidine rings is 1. The van der Waals surface area contributed by atoms with E-state index in [0.717, 1.165) is 51.0 Å². The van der Waals surface area contributed by atoms with Gasteiger partial charge in [0, 0.05) is 24.6 Å². The van der Waals surface area contributed by atoms with Crippen LogP contribution in [0.15, 0.2) is 27.4 Å². The average molecular weight is 394 g/mol. The Morgan fingerprint density at radius 2 is 2.19 bits per heavy atom. The minimum atomic E-state index is 0. The molecule has 1 saturated heterocycles. The number of aromatic nitrogens is 1. The Labute approximate surface area is 163 Å². The zero-order valence-electron chi connectivity index (χ0n) is 14.6. The Morgan fingerprint density at radius 1 is 1.38 bits per heavy atom. The topological polar surface area (TPSA) is 58.4 Å². The summed E-state index contributed by atoms with van der Waals surface area (Å²) in [6, 6.07) is 4.32. The van der Waals surface area contributed by atoms with E-state index in [1.165, 1.54) is 5.56 Å². The molecule has 0 radical (unpaired) electrons. The van der Waals surface area contributed by atoms with Gasteiger partial charge in [0.2, 0.25) is 0 Å². The van der Waals surface area contributed by atoms with Gasteiger partial charge in [0.15, 0.2) is 5.69 Å². The molecule has 3 fully saturated rings. The number of nitrogens with zero attached hydrogens (tertiary/aromatic N) is 2. The van der Waals surface area contributed by atoms with Gasteiger partial charge in [0.25, 0.3) is 5.91 Å². The van der Waals surface area contributed by atoms with Crippen molar-refractivity contribution in [3.05, 3.63) is 39.9 Å². The van der Waals surface area contributed by atoms with Gasteiger partial charge < -0.3 is 14.7 Å². The van der Waals surface area contributed by atoms with Crippen LogP contribution >= 0.6 is 23.7 Å². The first-order chi connectivity index (χ1) is 12.3. The standard InChI is InChI=1S/C19H23N3O2S.ClH/c23-18(15-9-16(24-21-15)14-1-2-14)22(11-13-3-8-25-12-13)17-10-19(17)4-6-20-7-5-19;/h3,8-9,12,14,17,20H,1-2,4-7,10-11H2;1H. The van der Waals surface area contributed by atoms with Crippen molar-refractivity contribution in [3.8, 4) is 0 Å². The molecule has 26 heavy (non-hydrogen) atoms. The molecule has 1 atom stereocenters. The van der Waals surface area contributed by atoms with E-state index in [9.17, 15) is 4.79 Å². The summed E-state index contributed by atoms with van der Waals surface area (Å²) in [5, 5.41) is 11.7. The van der Waals surface area contributed by atoms with Gasteiger partial charge in [-0.1, -0.05) is 5.16 Å². The number of halogens is 1. The first kappa shape index (κ1) is 18.0. The second kappa shape index (κ2) is 6.98. The normalized spacial score (nSPS) is 23.5. The van der Waals surface area contributed by atoms with Gasteiger partial charge in [-0.05, 0) is 73.0 Å². The van der Waals surface area contributed by atoms with Crippen molar-refractivity contribution in [3.63, 3.8) is 0 Å². The second-order valence-electron chi connectivity index (χ2n) is 7.79. The number of hydrogen-bond donors (Lipinski definition) is 1. The molecule has 140 valence electrons. The third-order valence-electron chi connectivity index (χ3n) is 6.04. The lowest BCUT2D eigenvalue weighted by Gasteiger charge is -2.29. The van der Waals surface area contributed by atoms with E-state index >= 15 is 0 Å². The fraction of sp³-hybridized carbons (Fsp3) is 0.579. The molecule has 2 aromatic rings. The van der Waals surface area contributed by atoms with Crippen LogP contribution in [-0.2, 0) is 6.54 Å². The first-order valence-electron chi connectivity index (χ1n) is 9.25. The maximum absolute atomic E-state index is 13.2. The maximum atomic E-state index is 13.2. The SMILES string of the molecule is Cl.O=C(c1cc(C2CC2)on1)N(Cc1ccsc1)C1CC12CCNCC2. The number of nitrogens with one attached hydrogen (secondary N) is 1. The molecule has 3 heterocycles. The van der Waals surface area contributed by atoms with Crippen LogP contribution in [0.4, 0.5) is 0 Å². The van der Waals surface area contributed by atoms with Crippen molar-refractivity contribution in [2.24, 2.45) is 5.41 Å². The molecule has 1 spiro atoms. The van der Waals surface area contributed by atoms with Crippen LogP contribution in [0.5, 0.6) is 0 Å². The minimum Gasteiger partial charge on any atom is -0.360 e. The van der Waals surface area contributed by atoms with Gasteiger partial charge in [-0.25, -0.2) is 0 Å². The summed E-state index contributed by atoms with van der Waals surface area (Å²) in [4.78, 5) is 15.3. The summed E-state index contributed by atoms with van der Waals surface area (Å²) in [5.74, 6) is 1.39. The summed E-state index contributed by atoms with van der Waals surface area (Å²) in [6.45, 7) is 2.80. The Morgan fingerprint density at radius 3 is 2.88 bits per heavy atom. The summed E-state index contributed by atoms with van der Waals surface area (Å²) >= 11 is 1.68. The lowest BCUT2D eigenvalue weighted by atomic mass is 9.93. The highest BCUT2D eigenvalue weighted by molar-refractivity contribution is 7.07. The van der Waals surface area contributed by atoms with Crippen LogP contribution in [0.25, 0.3) is 0 Å². The molecule has 1 amide bonds. The maximum Gasteiger partial charge on any atom is 0.276 e. The number of rotatable bonds is 5. The van der Waals surface area contributed by atoms with Crippen LogP contribution in [0.2, 0.25) is 0 Å². The van der Waals surface area contributed by atoms with E-state index in [1.807, 2.05) is 6.07 Å². The number of thiophene rings is 1. The molecule has 2 aromatic heterocycles. The van der Waals surface area contributed by atoms with Crippen LogP contribution in [0, 0.1) is 5.41 Å². The van der Waals surface area contributed by atoms with E-state index in [0.29, 0.717) is 29.6 Å². The quantitative estimate of drug-likeness (QED) is 0.838. The van der Waals surface area contributed by atoms with Crippen molar-refractivity contribution in [2.45, 2.75) is 50.6 Å². The zero-order chi connectivity index (χ0) is 16.9. The lowest BCUT2D eigenvalue weighted by Crippen LogP contribution is -2.39. The molecule has 2 saturated carbocycles. The molecule has 1 unspecified atom stereocenters. The van der Waals surface area contributed by atoms with Crippen LogP contribution in [0.1, 0.15) is 59.8 Å². The number of carbonyl (C=O) groups excluding carboxylic acids is 1. The molecule has 5 rings (SSSR count). The highest BCUT2D eigenvalue weighted by Gasteiger charge is 2.58. The molecule has 5 nitrogen and oxygen atoms in total. The predicted octanol–water partition coefficient (Wildman–Crippen LogP) is 3.82. The van der Waals surface area contributed by atoms with Crippen LogP contribution in [-0.4, -0.2) is 35.1 Å². The monoisotopic (exact) mass is 393 g/mol. The molecule has 3 aliphatic rings. The van der Waals surface area contributed by atoms with Crippen molar-refractivity contribution >= 4 is 29.7 Å². The zero-order valence-corrected chi connectivity index (χ0v) is 16.3. The number of carbonyl (C=O) groups is 1. The van der Waals surface area contributed by atoms with Crippen LogP contribution < -0.4 is 5.32 Å². The molecule has 7 heteroatoms. The predicted molar refractivity (Wildman–Crippen MR) is 103 cm³/mol. The highest BCUT2D eigenvalue weighted by Crippen LogP contribution is 2.56. The molecule has 1 N–H and O–H groups in total. The van der Waals surface area contributed by atoms with Gasteiger partial charge in [-0.2, -0.15) is 11.3 Å². The summed E-state index contributed by atoms with van der Waals surface area (Å²) in [7, 11) is 0. The summed E-state index contributed by atoms with van der Waals surface area (Å²) in [5.41, 5.74) is 2.01. The van der Waals surface area contributed by atoms with Crippen molar-refractivity contribution in [1.82, 2.24) is 15.4 Å². The molecular formula is C19H24ClN3O2S. The Bertz CT molecular complexity index is 766. The molecule has 2 aliphatic carbocycles. The smallest absolute Gasteiger partial charge is 0.276 e. The largest absolute Gasteiger partial charge is 0.360 e. The van der Waals surface area contributed by atoms with E-state index in [2.05, 4.69) is 32.2 Å². The van der Waals surface area contributed by atoms with Crippen LogP contribution in [0.3, 0.4) is 0 Å². The molecule has 0 bridgehead atoms. The average Bonchev–Trinajstić information content (AvgIpc) is 3.46. The third-order valence-corrected chi connectivity index (χ3v) is 6.78. The summed E-state index contributed by atoms with van der Waals surface area (Å²) in [6.07, 6.45) is 5.76. The van der Waals surface area contributed by atoms with Gasteiger partial charge in [-0.15, -0.1) is 12.4 Å². The highest BCUT2D eigenvalue weighted by atomic mass is 35.5. The van der Waals surface area contributed by atoms with Crippen molar-refractivity contribution in [2.75, 3.05) is 13.1 Å². The number of hydrogen-bond acceptors (Lipinski definition) is 5. The second-order valence-corrected chi connectivity index (χ2v) is 8.57. The van der Waals surface area contributed by atoms with Gasteiger partial charge >= 0.3 is 0 Å². The van der Waals surface area contributed by atoms with E-state index in [1.54, 1.807) is 11.3 Å². The van der Waals surface area contributed by atoms with Gasteiger partial charge in [0.1, 0.15) is 5.76 Å². The molecule has 1 aliphatic heterocycles. The van der Waals surface area contributed by atoms with Gasteiger partial charge in [-0.3, -0.25) is 4.79 Å². The molecule has 0 aromatic carbocycles. The first-order valence-corrected chi connectivity index (χ1v) is 10.2. The van der Waals surface area contributed by atoms with E-state index in [4.69, 9.17) is 4.52 Å². The van der Waals surface area contributed by atoms with Crippen molar-refractivity contribution < 1.29 is 9.32 Å². The van der Waals surface area contributed by atoms with E-state index < -0.39 is 0 Å². The van der Waals surface area contributed by atoms with E-state index in [-0.39, 0.29) is 18.3 Å². The fourth-order valence-corrected chi connectivity index (χ4v) is 4.89. The Hall–Kier alpha value is -1.37. The summed E-state index contributed by atoms with van der Waals surface area (Å²) < 4.78 is 5.43. The van der Waals surface area contributed by atoms with Crippen molar-refractivity contribution in [1.29, 1.82) is 0 Å².